The van der Waals surface area contributed by atoms with Gasteiger partial charge in [-0.15, -0.1) is 0 Å². The molecule has 4 rings (SSSR count). The number of hydrogen-bond acceptors (Lipinski definition) is 6. The van der Waals surface area contributed by atoms with Crippen LogP contribution in [0, 0.1) is 17.0 Å². The zero-order valence-corrected chi connectivity index (χ0v) is 20.1. The van der Waals surface area contributed by atoms with Crippen LogP contribution >= 0.6 is 0 Å². The van der Waals surface area contributed by atoms with Crippen molar-refractivity contribution in [2.45, 2.75) is 6.92 Å². The third-order valence-corrected chi connectivity index (χ3v) is 5.43. The second-order valence-corrected chi connectivity index (χ2v) is 8.05. The smallest absolute Gasteiger partial charge is 0.287 e. The van der Waals surface area contributed by atoms with Crippen molar-refractivity contribution in [2.24, 2.45) is 5.10 Å². The molecule has 0 spiro atoms. The summed E-state index contributed by atoms with van der Waals surface area (Å²) in [5, 5.41) is 20.4. The second kappa shape index (κ2) is 11.4. The molecule has 0 aliphatic heterocycles. The number of nitrogens with one attached hydrogen (secondary N) is 3. The molecule has 1 heterocycles. The van der Waals surface area contributed by atoms with Gasteiger partial charge in [-0.3, -0.25) is 29.6 Å². The number of nitro benzene ring substituents is 1. The molecule has 0 unspecified atom stereocenters. The predicted octanol–water partition coefficient (Wildman–Crippen LogP) is 3.30. The maximum absolute atomic E-state index is 13.0. The topological polar surface area (TPSA) is 151 Å². The van der Waals surface area contributed by atoms with Crippen molar-refractivity contribution >= 4 is 29.8 Å². The first-order chi connectivity index (χ1) is 18.3. The number of H-pyrrole nitrogens is 1. The van der Waals surface area contributed by atoms with Crippen LogP contribution in [0.25, 0.3) is 11.8 Å². The molecule has 3 aromatic carbocycles. The minimum Gasteiger partial charge on any atom is -0.317 e. The number of nitro groups is 1. The van der Waals surface area contributed by atoms with E-state index in [1.54, 1.807) is 61.5 Å². The Labute approximate surface area is 216 Å². The van der Waals surface area contributed by atoms with Gasteiger partial charge in [-0.25, -0.2) is 10.1 Å². The lowest BCUT2D eigenvalue weighted by Gasteiger charge is -2.09. The maximum atomic E-state index is 13.0. The number of hydrazone groups is 1. The molecule has 0 aliphatic rings. The van der Waals surface area contributed by atoms with Crippen LogP contribution in [0.4, 0.5) is 5.69 Å². The van der Waals surface area contributed by atoms with Crippen LogP contribution in [-0.2, 0) is 4.79 Å². The van der Waals surface area contributed by atoms with Crippen LogP contribution in [0.5, 0.6) is 0 Å². The quantitative estimate of drug-likeness (QED) is 0.144. The lowest BCUT2D eigenvalue weighted by molar-refractivity contribution is -0.384. The lowest BCUT2D eigenvalue weighted by Crippen LogP contribution is -2.33. The molecule has 190 valence electrons. The van der Waals surface area contributed by atoms with Gasteiger partial charge < -0.3 is 5.32 Å². The van der Waals surface area contributed by atoms with Crippen LogP contribution < -0.4 is 16.3 Å². The van der Waals surface area contributed by atoms with E-state index in [0.29, 0.717) is 22.5 Å². The molecule has 0 atom stereocenters. The van der Waals surface area contributed by atoms with Crippen molar-refractivity contribution in [3.63, 3.8) is 0 Å². The Balaban J connectivity index is 1.57. The van der Waals surface area contributed by atoms with E-state index in [1.165, 1.54) is 41.2 Å². The van der Waals surface area contributed by atoms with Crippen molar-refractivity contribution in [3.05, 3.63) is 133 Å². The fourth-order valence-electron chi connectivity index (χ4n) is 3.49. The number of aryl methyl sites for hydroxylation is 1. The molecule has 38 heavy (non-hydrogen) atoms. The number of aromatic amines is 1. The Morgan fingerprint density at radius 1 is 0.974 bits per heavy atom. The molecule has 11 heteroatoms. The van der Waals surface area contributed by atoms with Crippen LogP contribution in [0.1, 0.15) is 27.2 Å². The molecule has 0 radical (unpaired) electrons. The van der Waals surface area contributed by atoms with E-state index in [0.717, 1.165) is 0 Å². The monoisotopic (exact) mass is 510 g/mol. The second-order valence-electron chi connectivity index (χ2n) is 8.05. The van der Waals surface area contributed by atoms with Gasteiger partial charge in [0, 0.05) is 23.4 Å². The number of nitrogens with zero attached hydrogens (tertiary/aromatic N) is 3. The van der Waals surface area contributed by atoms with E-state index in [9.17, 15) is 24.5 Å². The van der Waals surface area contributed by atoms with E-state index < -0.39 is 16.7 Å². The highest BCUT2D eigenvalue weighted by atomic mass is 16.6. The minimum atomic E-state index is -0.763. The van der Waals surface area contributed by atoms with E-state index in [2.05, 4.69) is 20.9 Å². The zero-order valence-electron chi connectivity index (χ0n) is 20.1. The Hall–Kier alpha value is -5.58. The predicted molar refractivity (Wildman–Crippen MR) is 142 cm³/mol. The number of benzene rings is 3. The summed E-state index contributed by atoms with van der Waals surface area (Å²) in [5.74, 6) is -1.30. The van der Waals surface area contributed by atoms with Crippen LogP contribution in [0.3, 0.4) is 0 Å². The normalized spacial score (nSPS) is 11.3. The SMILES string of the molecule is Cc1[nH]n(-c2ccccc2)c(=O)c1/C=N/NC(=O)/C(=C/c1ccc([N+](=O)[O-])cc1)NC(=O)c1ccccc1. The molecule has 3 N–H and O–H groups in total. The number of amides is 2. The van der Waals surface area contributed by atoms with Gasteiger partial charge in [0.25, 0.3) is 23.1 Å². The van der Waals surface area contributed by atoms with Crippen molar-refractivity contribution in [1.29, 1.82) is 0 Å². The van der Waals surface area contributed by atoms with E-state index >= 15 is 0 Å². The summed E-state index contributed by atoms with van der Waals surface area (Å²) in [5.41, 5.74) is 3.87. The van der Waals surface area contributed by atoms with Crippen molar-refractivity contribution in [1.82, 2.24) is 20.5 Å². The van der Waals surface area contributed by atoms with Gasteiger partial charge in [0.15, 0.2) is 0 Å². The number of para-hydroxylation sites is 1. The van der Waals surface area contributed by atoms with Gasteiger partial charge in [0.05, 0.1) is 22.4 Å². The van der Waals surface area contributed by atoms with Gasteiger partial charge in [-0.05, 0) is 55.0 Å². The fourth-order valence-corrected chi connectivity index (χ4v) is 3.49. The largest absolute Gasteiger partial charge is 0.317 e. The molecular formula is C27H22N6O5. The Morgan fingerprint density at radius 3 is 2.24 bits per heavy atom. The number of aromatic nitrogens is 2. The summed E-state index contributed by atoms with van der Waals surface area (Å²) in [4.78, 5) is 48.9. The third kappa shape index (κ3) is 5.97. The first-order valence-corrected chi connectivity index (χ1v) is 11.4. The highest BCUT2D eigenvalue weighted by Crippen LogP contribution is 2.14. The summed E-state index contributed by atoms with van der Waals surface area (Å²) in [7, 11) is 0. The van der Waals surface area contributed by atoms with Gasteiger partial charge >= 0.3 is 0 Å². The molecule has 4 aromatic rings. The zero-order chi connectivity index (χ0) is 27.1. The number of rotatable bonds is 8. The first kappa shape index (κ1) is 25.5. The summed E-state index contributed by atoms with van der Waals surface area (Å²) in [6.45, 7) is 1.70. The molecule has 0 saturated heterocycles. The van der Waals surface area contributed by atoms with Gasteiger partial charge in [0.2, 0.25) is 0 Å². The van der Waals surface area contributed by atoms with E-state index in [4.69, 9.17) is 0 Å². The molecule has 0 bridgehead atoms. The summed E-state index contributed by atoms with van der Waals surface area (Å²) in [6.07, 6.45) is 2.58. The molecule has 0 saturated carbocycles. The molecule has 0 fully saturated rings. The van der Waals surface area contributed by atoms with Crippen molar-refractivity contribution in [3.8, 4) is 5.69 Å². The summed E-state index contributed by atoms with van der Waals surface area (Å²) >= 11 is 0. The standard InChI is InChI=1S/C27H22N6O5/c1-18-23(27(36)32(31-18)21-10-6-3-7-11-21)17-28-30-26(35)24(29-25(34)20-8-4-2-5-9-20)16-19-12-14-22(15-13-19)33(37)38/h2-17,31H,1H3,(H,29,34)(H,30,35)/b24-16-,28-17+. The lowest BCUT2D eigenvalue weighted by atomic mass is 10.1. The van der Waals surface area contributed by atoms with Crippen molar-refractivity contribution in [2.75, 3.05) is 0 Å². The van der Waals surface area contributed by atoms with Crippen molar-refractivity contribution < 1.29 is 14.5 Å². The molecular weight excluding hydrogens is 488 g/mol. The number of carbonyl (C=O) groups is 2. The minimum absolute atomic E-state index is 0.117. The number of carbonyl (C=O) groups excluding carboxylic acids is 2. The molecule has 2 amide bonds. The van der Waals surface area contributed by atoms with E-state index in [1.807, 2.05) is 6.07 Å². The molecule has 1 aromatic heterocycles. The third-order valence-electron chi connectivity index (χ3n) is 5.43. The first-order valence-electron chi connectivity index (χ1n) is 11.4. The van der Waals surface area contributed by atoms with Crippen LogP contribution in [0.15, 0.2) is 101 Å². The van der Waals surface area contributed by atoms with Gasteiger partial charge in [-0.2, -0.15) is 5.10 Å². The summed E-state index contributed by atoms with van der Waals surface area (Å²) < 4.78 is 1.36. The van der Waals surface area contributed by atoms with E-state index in [-0.39, 0.29) is 22.5 Å². The summed E-state index contributed by atoms with van der Waals surface area (Å²) in [6, 6.07) is 22.7. The average molecular weight is 511 g/mol. The van der Waals surface area contributed by atoms with Gasteiger partial charge in [0.1, 0.15) is 5.70 Å². The van der Waals surface area contributed by atoms with Crippen LogP contribution in [0.2, 0.25) is 0 Å². The highest BCUT2D eigenvalue weighted by Gasteiger charge is 2.15. The number of hydrogen-bond donors (Lipinski definition) is 3. The van der Waals surface area contributed by atoms with Gasteiger partial charge in [-0.1, -0.05) is 36.4 Å². The maximum Gasteiger partial charge on any atom is 0.287 e. The number of non-ortho nitro benzene ring substituents is 1. The Kier molecular flexibility index (Phi) is 7.68. The Morgan fingerprint density at radius 2 is 1.61 bits per heavy atom. The average Bonchev–Trinajstić information content (AvgIpc) is 3.22. The molecule has 0 aliphatic carbocycles. The highest BCUT2D eigenvalue weighted by molar-refractivity contribution is 6.05. The van der Waals surface area contributed by atoms with Crippen LogP contribution in [-0.4, -0.2) is 32.7 Å². The molecule has 11 nitrogen and oxygen atoms in total. The fraction of sp³-hybridized carbons (Fsp3) is 0.0370. The Bertz CT molecular complexity index is 1590.